The molecule has 0 saturated heterocycles. The summed E-state index contributed by atoms with van der Waals surface area (Å²) in [4.78, 5) is 14.5. The zero-order valence-electron chi connectivity index (χ0n) is 8.50. The number of benzene rings is 1. The third-order valence-electron chi connectivity index (χ3n) is 2.32. The number of carbonyl (C=O) groups excluding carboxylic acids is 1. The first kappa shape index (κ1) is 11.0. The number of hydrazine groups is 1. The second-order valence-electron chi connectivity index (χ2n) is 3.21. The van der Waals surface area contributed by atoms with Gasteiger partial charge in [0.25, 0.3) is 5.91 Å². The number of hydrogen-bond acceptors (Lipinski definition) is 3. The van der Waals surface area contributed by atoms with E-state index in [0.717, 1.165) is 15.4 Å². The van der Waals surface area contributed by atoms with E-state index in [9.17, 15) is 4.79 Å². The Balaban J connectivity index is 2.68. The summed E-state index contributed by atoms with van der Waals surface area (Å²) in [7, 11) is 1.59. The topological polar surface area (TPSA) is 80.1 Å². The van der Waals surface area contributed by atoms with Crippen molar-refractivity contribution in [1.82, 2.24) is 10.4 Å². The van der Waals surface area contributed by atoms with Gasteiger partial charge in [-0.05, 0) is 22.0 Å². The van der Waals surface area contributed by atoms with Crippen LogP contribution in [0.5, 0.6) is 5.75 Å². The van der Waals surface area contributed by atoms with E-state index in [-0.39, 0.29) is 5.91 Å². The number of H-pyrrole nitrogens is 1. The number of hydrogen-bond donors (Lipinski definition) is 3. The van der Waals surface area contributed by atoms with Gasteiger partial charge in [0.1, 0.15) is 5.75 Å². The molecule has 1 heterocycles. The summed E-state index contributed by atoms with van der Waals surface area (Å²) < 4.78 is 5.90. The van der Waals surface area contributed by atoms with Crippen LogP contribution in [0.25, 0.3) is 10.9 Å². The Hall–Kier alpha value is -1.53. The molecule has 1 aromatic carbocycles. The average molecular weight is 284 g/mol. The highest BCUT2D eigenvalue weighted by molar-refractivity contribution is 9.10. The van der Waals surface area contributed by atoms with Gasteiger partial charge in [0.2, 0.25) is 0 Å². The summed E-state index contributed by atoms with van der Waals surface area (Å²) in [5, 5.41) is 0.781. The molecule has 2 rings (SSSR count). The molecule has 0 fully saturated rings. The largest absolute Gasteiger partial charge is 0.497 e. The maximum absolute atomic E-state index is 11.5. The van der Waals surface area contributed by atoms with Gasteiger partial charge >= 0.3 is 0 Å². The van der Waals surface area contributed by atoms with E-state index >= 15 is 0 Å². The summed E-state index contributed by atoms with van der Waals surface area (Å²) in [6, 6.07) is 3.61. The van der Waals surface area contributed by atoms with E-state index in [0.29, 0.717) is 11.3 Å². The molecule has 2 aromatic rings. The Morgan fingerprint density at radius 1 is 1.56 bits per heavy atom. The van der Waals surface area contributed by atoms with Crippen LogP contribution in [0.1, 0.15) is 10.4 Å². The second-order valence-corrected chi connectivity index (χ2v) is 4.06. The lowest BCUT2D eigenvalue weighted by atomic mass is 10.1. The highest BCUT2D eigenvalue weighted by atomic mass is 79.9. The number of nitrogen functional groups attached to an aromatic ring is 1. The molecule has 0 aliphatic heterocycles. The van der Waals surface area contributed by atoms with Crippen LogP contribution in [0.3, 0.4) is 0 Å². The number of carbonyl (C=O) groups is 1. The quantitative estimate of drug-likeness (QED) is 0.444. The van der Waals surface area contributed by atoms with Crippen LogP contribution in [-0.2, 0) is 0 Å². The van der Waals surface area contributed by atoms with Crippen LogP contribution in [0.4, 0.5) is 0 Å². The fraction of sp³-hybridized carbons (Fsp3) is 0.100. The minimum atomic E-state index is -0.336. The van der Waals surface area contributed by atoms with Gasteiger partial charge in [-0.1, -0.05) is 0 Å². The lowest BCUT2D eigenvalue weighted by molar-refractivity contribution is 0.0955. The molecule has 0 aliphatic rings. The molecule has 0 aliphatic carbocycles. The number of rotatable bonds is 2. The van der Waals surface area contributed by atoms with Gasteiger partial charge in [-0.25, -0.2) is 5.84 Å². The molecule has 0 atom stereocenters. The van der Waals surface area contributed by atoms with Crippen LogP contribution >= 0.6 is 15.9 Å². The molecule has 1 amide bonds. The van der Waals surface area contributed by atoms with E-state index in [1.165, 1.54) is 0 Å². The molecule has 84 valence electrons. The first-order valence-corrected chi connectivity index (χ1v) is 5.32. The Bertz CT molecular complexity index is 550. The third-order valence-corrected chi connectivity index (χ3v) is 2.94. The Labute approximate surface area is 100 Å². The molecule has 0 bridgehead atoms. The van der Waals surface area contributed by atoms with Crippen LogP contribution in [0.15, 0.2) is 22.8 Å². The van der Waals surface area contributed by atoms with Gasteiger partial charge in [0.15, 0.2) is 0 Å². The lowest BCUT2D eigenvalue weighted by Gasteiger charge is -2.03. The fourth-order valence-electron chi connectivity index (χ4n) is 1.57. The van der Waals surface area contributed by atoms with Crippen molar-refractivity contribution in [2.75, 3.05) is 7.11 Å². The van der Waals surface area contributed by atoms with Crippen molar-refractivity contribution in [2.45, 2.75) is 0 Å². The predicted molar refractivity (Wildman–Crippen MR) is 64.2 cm³/mol. The van der Waals surface area contributed by atoms with E-state index in [1.807, 2.05) is 6.07 Å². The highest BCUT2D eigenvalue weighted by Crippen LogP contribution is 2.31. The van der Waals surface area contributed by atoms with E-state index in [4.69, 9.17) is 10.6 Å². The van der Waals surface area contributed by atoms with Gasteiger partial charge in [0.05, 0.1) is 18.2 Å². The molecule has 4 N–H and O–H groups in total. The molecule has 0 saturated carbocycles. The van der Waals surface area contributed by atoms with Crippen molar-refractivity contribution in [1.29, 1.82) is 0 Å². The summed E-state index contributed by atoms with van der Waals surface area (Å²) in [6.45, 7) is 0. The van der Waals surface area contributed by atoms with Crippen LogP contribution < -0.4 is 16.0 Å². The van der Waals surface area contributed by atoms with Crippen LogP contribution in [-0.4, -0.2) is 18.0 Å². The number of nitrogens with one attached hydrogen (secondary N) is 2. The van der Waals surface area contributed by atoms with E-state index in [1.54, 1.807) is 19.4 Å². The van der Waals surface area contributed by atoms with Gasteiger partial charge in [0, 0.05) is 22.1 Å². The smallest absolute Gasteiger partial charge is 0.267 e. The maximum atomic E-state index is 11.5. The minimum absolute atomic E-state index is 0.336. The molecular weight excluding hydrogens is 274 g/mol. The fourth-order valence-corrected chi connectivity index (χ4v) is 2.22. The first-order valence-electron chi connectivity index (χ1n) is 4.53. The van der Waals surface area contributed by atoms with Crippen molar-refractivity contribution in [3.05, 3.63) is 28.4 Å². The zero-order chi connectivity index (χ0) is 11.7. The first-order chi connectivity index (χ1) is 7.67. The van der Waals surface area contributed by atoms with Crippen molar-refractivity contribution >= 4 is 32.7 Å². The number of methoxy groups -OCH3 is 1. The highest BCUT2D eigenvalue weighted by Gasteiger charge is 2.14. The molecule has 0 unspecified atom stereocenters. The molecule has 6 heteroatoms. The summed E-state index contributed by atoms with van der Waals surface area (Å²) in [6.07, 6.45) is 1.61. The maximum Gasteiger partial charge on any atom is 0.267 e. The van der Waals surface area contributed by atoms with Crippen molar-refractivity contribution in [3.63, 3.8) is 0 Å². The molecule has 5 nitrogen and oxygen atoms in total. The Morgan fingerprint density at radius 3 is 2.94 bits per heavy atom. The van der Waals surface area contributed by atoms with Gasteiger partial charge in [-0.15, -0.1) is 0 Å². The SMILES string of the molecule is COc1cc(Br)c2c(C(=O)NN)c[nH]c2c1. The number of aromatic nitrogens is 1. The molecule has 0 radical (unpaired) electrons. The normalized spacial score (nSPS) is 10.4. The summed E-state index contributed by atoms with van der Waals surface area (Å²) >= 11 is 3.40. The Morgan fingerprint density at radius 2 is 2.31 bits per heavy atom. The van der Waals surface area contributed by atoms with Gasteiger partial charge in [-0.3, -0.25) is 10.2 Å². The van der Waals surface area contributed by atoms with Gasteiger partial charge < -0.3 is 9.72 Å². The third kappa shape index (κ3) is 1.66. The minimum Gasteiger partial charge on any atom is -0.497 e. The van der Waals surface area contributed by atoms with Gasteiger partial charge in [-0.2, -0.15) is 0 Å². The standard InChI is InChI=1S/C10H10BrN3O2/c1-16-5-2-7(11)9-6(10(15)14-12)4-13-8(9)3-5/h2-4,13H,12H2,1H3,(H,14,15). The number of halogens is 1. The monoisotopic (exact) mass is 283 g/mol. The molecular formula is C10H10BrN3O2. The van der Waals surface area contributed by atoms with E-state index < -0.39 is 0 Å². The number of ether oxygens (including phenoxy) is 1. The number of fused-ring (bicyclic) bond motifs is 1. The molecule has 0 spiro atoms. The number of amides is 1. The second kappa shape index (κ2) is 4.15. The van der Waals surface area contributed by atoms with E-state index in [2.05, 4.69) is 26.3 Å². The summed E-state index contributed by atoms with van der Waals surface area (Å²) in [5.74, 6) is 5.48. The molecule has 16 heavy (non-hydrogen) atoms. The van der Waals surface area contributed by atoms with Crippen LogP contribution in [0.2, 0.25) is 0 Å². The zero-order valence-corrected chi connectivity index (χ0v) is 10.1. The van der Waals surface area contributed by atoms with Crippen LogP contribution in [0, 0.1) is 0 Å². The lowest BCUT2D eigenvalue weighted by Crippen LogP contribution is -2.29. The summed E-state index contributed by atoms with van der Waals surface area (Å²) in [5.41, 5.74) is 3.41. The average Bonchev–Trinajstić information content (AvgIpc) is 2.72. The van der Waals surface area contributed by atoms with Crippen molar-refractivity contribution < 1.29 is 9.53 Å². The Kier molecular flexibility index (Phi) is 2.84. The van der Waals surface area contributed by atoms with Crippen molar-refractivity contribution in [2.24, 2.45) is 5.84 Å². The number of aromatic amines is 1. The molecule has 1 aromatic heterocycles. The van der Waals surface area contributed by atoms with Crippen molar-refractivity contribution in [3.8, 4) is 5.75 Å². The number of nitrogens with two attached hydrogens (primary N) is 1. The predicted octanol–water partition coefficient (Wildman–Crippen LogP) is 1.54.